The van der Waals surface area contributed by atoms with Crippen molar-refractivity contribution >= 4 is 49.6 Å². The fourth-order valence-electron chi connectivity index (χ4n) is 10.6. The SMILES string of the molecule is [2H]c1c([2H])c([2H])c2c(N(c3ccc(-c4ccccc4)cc3)c3ccc4c(c3)c3cc(-c5ccc(C6(c7ccccc7)c7ccccc7-c7ccccc76)cc5)ccc3n4-c3ccccc3)c([2H])c([2H])c([2H])c2c1[2H]. The minimum Gasteiger partial charge on any atom is -0.310 e. The van der Waals surface area contributed by atoms with E-state index >= 15 is 0 Å². The predicted molar refractivity (Wildman–Crippen MR) is 281 cm³/mol. The molecule has 0 saturated heterocycles. The lowest BCUT2D eigenvalue weighted by Crippen LogP contribution is -2.28. The molecular weight excluding hydrogens is 809 g/mol. The van der Waals surface area contributed by atoms with Crippen LogP contribution in [0.2, 0.25) is 0 Å². The van der Waals surface area contributed by atoms with Gasteiger partial charge < -0.3 is 9.47 Å². The molecule has 0 N–H and O–H groups in total. The van der Waals surface area contributed by atoms with Gasteiger partial charge in [-0.25, -0.2) is 0 Å². The summed E-state index contributed by atoms with van der Waals surface area (Å²) in [6.07, 6.45) is 0. The van der Waals surface area contributed by atoms with Crippen molar-refractivity contribution in [1.82, 2.24) is 4.57 Å². The standard InChI is InChI=1S/C65H44N2/c1-4-17-45(18-5-1)46-33-38-53(39-34-46)66(62-30-16-20-48-19-10-11-25-55(48)62)54-40-42-64-59(44-54)58-43-49(35-41-63(58)67(64)52-23-8-3-9-24-52)47-31-36-51(37-32-47)65(50-21-6-2-7-22-50)60-28-14-12-26-56(60)57-27-13-15-29-61(57)65/h1-44H/i10D,11D,16D,19D,20D,25D,30D. The number of hydrogen-bond donors (Lipinski definition) is 0. The average molecular weight is 860 g/mol. The van der Waals surface area contributed by atoms with Crippen LogP contribution in [0.4, 0.5) is 17.1 Å². The number of aromatic nitrogens is 1. The molecule has 0 spiro atoms. The Bertz CT molecular complexity index is 4140. The third-order valence-electron chi connectivity index (χ3n) is 13.6. The smallest absolute Gasteiger partial charge is 0.0713 e. The van der Waals surface area contributed by atoms with E-state index < -0.39 is 35.6 Å². The zero-order valence-electron chi connectivity index (χ0n) is 43.3. The molecule has 1 aromatic heterocycles. The van der Waals surface area contributed by atoms with Crippen LogP contribution in [0.1, 0.15) is 31.8 Å². The topological polar surface area (TPSA) is 8.17 Å². The van der Waals surface area contributed by atoms with Crippen molar-refractivity contribution in [3.63, 3.8) is 0 Å². The number of rotatable bonds is 8. The maximum atomic E-state index is 9.55. The van der Waals surface area contributed by atoms with Crippen molar-refractivity contribution in [2.24, 2.45) is 0 Å². The van der Waals surface area contributed by atoms with Crippen LogP contribution < -0.4 is 4.90 Å². The Balaban J connectivity index is 1.02. The van der Waals surface area contributed by atoms with Crippen molar-refractivity contribution in [2.45, 2.75) is 5.41 Å². The summed E-state index contributed by atoms with van der Waals surface area (Å²) in [6, 6.07) is 75.1. The van der Waals surface area contributed by atoms with Crippen LogP contribution in [-0.4, -0.2) is 4.57 Å². The van der Waals surface area contributed by atoms with Crippen molar-refractivity contribution in [3.8, 4) is 39.1 Å². The highest BCUT2D eigenvalue weighted by Crippen LogP contribution is 2.56. The molecule has 2 heteroatoms. The number of para-hydroxylation sites is 1. The Kier molecular flexibility index (Phi) is 7.53. The normalized spacial score (nSPS) is 14.1. The fraction of sp³-hybridized carbons (Fsp3) is 0.0154. The molecule has 2 nitrogen and oxygen atoms in total. The summed E-state index contributed by atoms with van der Waals surface area (Å²) < 4.78 is 65.4. The van der Waals surface area contributed by atoms with Crippen molar-refractivity contribution in [1.29, 1.82) is 0 Å². The number of nitrogens with zero attached hydrogens (tertiary/aromatic N) is 2. The van der Waals surface area contributed by atoms with Gasteiger partial charge in [0.05, 0.1) is 31.7 Å². The highest BCUT2D eigenvalue weighted by Gasteiger charge is 2.45. The van der Waals surface area contributed by atoms with E-state index in [0.717, 1.165) is 49.7 Å². The van der Waals surface area contributed by atoms with Gasteiger partial charge in [-0.2, -0.15) is 0 Å². The van der Waals surface area contributed by atoms with Crippen LogP contribution in [0.25, 0.3) is 71.6 Å². The Hall–Kier alpha value is -8.72. The van der Waals surface area contributed by atoms with Gasteiger partial charge in [-0.1, -0.05) is 206 Å². The second-order valence-corrected chi connectivity index (χ2v) is 17.1. The molecule has 0 saturated carbocycles. The van der Waals surface area contributed by atoms with Crippen LogP contribution in [0.3, 0.4) is 0 Å². The van der Waals surface area contributed by atoms with Gasteiger partial charge in [0.1, 0.15) is 0 Å². The first-order chi connectivity index (χ1) is 36.1. The molecule has 0 radical (unpaired) electrons. The van der Waals surface area contributed by atoms with E-state index in [1.165, 1.54) is 33.4 Å². The Morgan fingerprint density at radius 2 is 0.881 bits per heavy atom. The molecule has 0 aliphatic heterocycles. The lowest BCUT2D eigenvalue weighted by Gasteiger charge is -2.34. The molecule has 0 atom stereocenters. The van der Waals surface area contributed by atoms with Crippen molar-refractivity contribution in [2.75, 3.05) is 4.90 Å². The first kappa shape index (κ1) is 32.0. The largest absolute Gasteiger partial charge is 0.310 e. The molecule has 11 aromatic carbocycles. The fourth-order valence-corrected chi connectivity index (χ4v) is 10.6. The van der Waals surface area contributed by atoms with Gasteiger partial charge in [0, 0.05) is 33.2 Å². The summed E-state index contributed by atoms with van der Waals surface area (Å²) in [7, 11) is 0. The van der Waals surface area contributed by atoms with E-state index in [9.17, 15) is 2.74 Å². The minimum absolute atomic E-state index is 0.00491. The summed E-state index contributed by atoms with van der Waals surface area (Å²) in [6.45, 7) is 0. The molecule has 13 rings (SSSR count). The van der Waals surface area contributed by atoms with E-state index in [1.54, 1.807) is 0 Å². The molecular formula is C65H44N2. The zero-order valence-corrected chi connectivity index (χ0v) is 36.3. The second kappa shape index (κ2) is 15.8. The molecule has 314 valence electrons. The first-order valence-corrected chi connectivity index (χ1v) is 22.6. The van der Waals surface area contributed by atoms with Gasteiger partial charge in [-0.05, 0) is 122 Å². The van der Waals surface area contributed by atoms with Crippen LogP contribution in [0, 0.1) is 0 Å². The maximum Gasteiger partial charge on any atom is 0.0713 e. The van der Waals surface area contributed by atoms with Gasteiger partial charge >= 0.3 is 0 Å². The van der Waals surface area contributed by atoms with Crippen LogP contribution in [-0.2, 0) is 5.41 Å². The number of fused-ring (bicyclic) bond motifs is 7. The third-order valence-corrected chi connectivity index (χ3v) is 13.6. The summed E-state index contributed by atoms with van der Waals surface area (Å²) >= 11 is 0. The molecule has 0 fully saturated rings. The summed E-state index contributed by atoms with van der Waals surface area (Å²) in [5.74, 6) is 0. The van der Waals surface area contributed by atoms with Crippen molar-refractivity contribution in [3.05, 3.63) is 289 Å². The van der Waals surface area contributed by atoms with Crippen LogP contribution >= 0.6 is 0 Å². The van der Waals surface area contributed by atoms with Gasteiger partial charge in [0.2, 0.25) is 0 Å². The first-order valence-electron chi connectivity index (χ1n) is 26.1. The maximum absolute atomic E-state index is 9.55. The Morgan fingerprint density at radius 3 is 1.60 bits per heavy atom. The summed E-state index contributed by atoms with van der Waals surface area (Å²) in [4.78, 5) is 1.81. The molecule has 0 bridgehead atoms. The minimum atomic E-state index is -0.523. The second-order valence-electron chi connectivity index (χ2n) is 17.1. The third kappa shape index (κ3) is 6.18. The molecule has 0 amide bonds. The van der Waals surface area contributed by atoms with Gasteiger partial charge in [-0.15, -0.1) is 0 Å². The van der Waals surface area contributed by atoms with E-state index in [1.807, 2.05) is 83.8 Å². The molecule has 12 aromatic rings. The van der Waals surface area contributed by atoms with Crippen molar-refractivity contribution < 1.29 is 9.60 Å². The van der Waals surface area contributed by atoms with Crippen LogP contribution in [0.15, 0.2) is 267 Å². The van der Waals surface area contributed by atoms with E-state index in [0.29, 0.717) is 11.4 Å². The lowest BCUT2D eigenvalue weighted by atomic mass is 9.67. The summed E-state index contributed by atoms with van der Waals surface area (Å²) in [5.41, 5.74) is 15.1. The number of benzene rings is 11. The Labute approximate surface area is 400 Å². The summed E-state index contributed by atoms with van der Waals surface area (Å²) in [5, 5.41) is 1.79. The van der Waals surface area contributed by atoms with E-state index in [-0.39, 0.29) is 28.5 Å². The average Bonchev–Trinajstić information content (AvgIpc) is 3.99. The highest BCUT2D eigenvalue weighted by atomic mass is 15.1. The predicted octanol–water partition coefficient (Wildman–Crippen LogP) is 17.1. The van der Waals surface area contributed by atoms with Crippen LogP contribution in [0.5, 0.6) is 0 Å². The lowest BCUT2D eigenvalue weighted by molar-refractivity contribution is 0.768. The van der Waals surface area contributed by atoms with E-state index in [4.69, 9.17) is 6.85 Å². The molecule has 1 aliphatic rings. The quantitative estimate of drug-likeness (QED) is 0.148. The zero-order chi connectivity index (χ0) is 50.4. The Morgan fingerprint density at radius 1 is 0.373 bits per heavy atom. The molecule has 67 heavy (non-hydrogen) atoms. The van der Waals surface area contributed by atoms with Gasteiger partial charge in [-0.3, -0.25) is 0 Å². The highest BCUT2D eigenvalue weighted by molar-refractivity contribution is 6.12. The van der Waals surface area contributed by atoms with E-state index in [2.05, 4.69) is 150 Å². The molecule has 1 aliphatic carbocycles. The van der Waals surface area contributed by atoms with Gasteiger partial charge in [0.15, 0.2) is 0 Å². The number of anilines is 3. The monoisotopic (exact) mass is 859 g/mol. The molecule has 1 heterocycles. The molecule has 0 unspecified atom stereocenters. The van der Waals surface area contributed by atoms with Gasteiger partial charge in [0.25, 0.3) is 0 Å². The number of hydrogen-bond acceptors (Lipinski definition) is 1.